The van der Waals surface area contributed by atoms with E-state index in [0.29, 0.717) is 5.82 Å². The molecule has 0 spiro atoms. The van der Waals surface area contributed by atoms with E-state index in [9.17, 15) is 4.79 Å². The molecule has 0 aromatic carbocycles. The molecule has 0 saturated heterocycles. The molecule has 17 heavy (non-hydrogen) atoms. The first-order valence-corrected chi connectivity index (χ1v) is 5.37. The molecule has 2 aromatic heterocycles. The summed E-state index contributed by atoms with van der Waals surface area (Å²) in [6, 6.07) is 11.0. The van der Waals surface area contributed by atoms with Gasteiger partial charge in [-0.25, -0.2) is 4.98 Å². The van der Waals surface area contributed by atoms with Gasteiger partial charge in [-0.3, -0.25) is 9.78 Å². The summed E-state index contributed by atoms with van der Waals surface area (Å²) in [6.07, 6.45) is 1.93. The molecule has 4 heteroatoms. The molecule has 0 unspecified atom stereocenters. The second kappa shape index (κ2) is 5.21. The van der Waals surface area contributed by atoms with Crippen molar-refractivity contribution in [2.75, 3.05) is 5.32 Å². The molecule has 2 aromatic rings. The van der Waals surface area contributed by atoms with Crippen molar-refractivity contribution in [1.82, 2.24) is 9.97 Å². The standard InChI is InChI=1S/C13H13N3O/c1-10-5-4-7-12(15-10)16-13(17)9-11-6-2-3-8-14-11/h2-8H,9H2,1H3,(H,15,16,17). The van der Waals surface area contributed by atoms with Crippen LogP contribution >= 0.6 is 0 Å². The molecular weight excluding hydrogens is 214 g/mol. The fraction of sp³-hybridized carbons (Fsp3) is 0.154. The summed E-state index contributed by atoms with van der Waals surface area (Å²) in [5, 5.41) is 2.74. The van der Waals surface area contributed by atoms with E-state index in [1.807, 2.05) is 37.3 Å². The maximum absolute atomic E-state index is 11.7. The van der Waals surface area contributed by atoms with E-state index in [0.717, 1.165) is 11.4 Å². The quantitative estimate of drug-likeness (QED) is 0.872. The number of hydrogen-bond donors (Lipinski definition) is 1. The molecular formula is C13H13N3O. The van der Waals surface area contributed by atoms with Crippen molar-refractivity contribution in [3.63, 3.8) is 0 Å². The van der Waals surface area contributed by atoms with E-state index in [2.05, 4.69) is 15.3 Å². The van der Waals surface area contributed by atoms with E-state index in [1.165, 1.54) is 0 Å². The smallest absolute Gasteiger partial charge is 0.231 e. The highest BCUT2D eigenvalue weighted by molar-refractivity contribution is 5.91. The summed E-state index contributed by atoms with van der Waals surface area (Å²) in [4.78, 5) is 20.0. The molecule has 0 bridgehead atoms. The number of aryl methyl sites for hydroxylation is 1. The van der Waals surface area contributed by atoms with Crippen LogP contribution in [0.1, 0.15) is 11.4 Å². The highest BCUT2D eigenvalue weighted by atomic mass is 16.1. The third kappa shape index (κ3) is 3.38. The fourth-order valence-electron chi connectivity index (χ4n) is 1.47. The van der Waals surface area contributed by atoms with Crippen molar-refractivity contribution < 1.29 is 4.79 Å². The van der Waals surface area contributed by atoms with Gasteiger partial charge in [0.15, 0.2) is 0 Å². The summed E-state index contributed by atoms with van der Waals surface area (Å²) in [7, 11) is 0. The molecule has 4 nitrogen and oxygen atoms in total. The first kappa shape index (κ1) is 11.3. The topological polar surface area (TPSA) is 54.9 Å². The Morgan fingerprint density at radius 3 is 2.82 bits per heavy atom. The van der Waals surface area contributed by atoms with E-state index in [1.54, 1.807) is 12.3 Å². The Labute approximate surface area is 99.7 Å². The van der Waals surface area contributed by atoms with Crippen LogP contribution in [0, 0.1) is 6.92 Å². The van der Waals surface area contributed by atoms with Gasteiger partial charge in [-0.15, -0.1) is 0 Å². The highest BCUT2D eigenvalue weighted by Crippen LogP contribution is 2.04. The summed E-state index contributed by atoms with van der Waals surface area (Å²) in [5.74, 6) is 0.465. The lowest BCUT2D eigenvalue weighted by molar-refractivity contribution is -0.115. The Morgan fingerprint density at radius 1 is 1.24 bits per heavy atom. The third-order valence-electron chi connectivity index (χ3n) is 2.22. The largest absolute Gasteiger partial charge is 0.310 e. The monoisotopic (exact) mass is 227 g/mol. The lowest BCUT2D eigenvalue weighted by atomic mass is 10.2. The van der Waals surface area contributed by atoms with Crippen molar-refractivity contribution in [2.24, 2.45) is 0 Å². The van der Waals surface area contributed by atoms with Gasteiger partial charge in [-0.1, -0.05) is 12.1 Å². The van der Waals surface area contributed by atoms with Crippen molar-refractivity contribution in [1.29, 1.82) is 0 Å². The lowest BCUT2D eigenvalue weighted by Crippen LogP contribution is -2.16. The lowest BCUT2D eigenvalue weighted by Gasteiger charge is -2.04. The molecule has 2 rings (SSSR count). The van der Waals surface area contributed by atoms with Gasteiger partial charge >= 0.3 is 0 Å². The Kier molecular flexibility index (Phi) is 3.45. The van der Waals surface area contributed by atoms with Crippen molar-refractivity contribution in [3.8, 4) is 0 Å². The number of carbonyl (C=O) groups is 1. The summed E-state index contributed by atoms with van der Waals surface area (Å²) >= 11 is 0. The Balaban J connectivity index is 1.98. The molecule has 0 fully saturated rings. The number of hydrogen-bond acceptors (Lipinski definition) is 3. The zero-order valence-electron chi connectivity index (χ0n) is 9.55. The Hall–Kier alpha value is -2.23. The molecule has 0 aliphatic heterocycles. The number of carbonyl (C=O) groups excluding carboxylic acids is 1. The number of pyridine rings is 2. The van der Waals surface area contributed by atoms with Gasteiger partial charge in [-0.05, 0) is 31.2 Å². The Morgan fingerprint density at radius 2 is 2.12 bits per heavy atom. The average molecular weight is 227 g/mol. The number of aromatic nitrogens is 2. The van der Waals surface area contributed by atoms with Crippen LogP contribution in [0.15, 0.2) is 42.6 Å². The molecule has 86 valence electrons. The second-order valence-electron chi connectivity index (χ2n) is 3.71. The zero-order chi connectivity index (χ0) is 12.1. The fourth-order valence-corrected chi connectivity index (χ4v) is 1.47. The molecule has 1 N–H and O–H groups in total. The number of anilines is 1. The maximum atomic E-state index is 11.7. The van der Waals surface area contributed by atoms with Crippen LogP contribution in [0.2, 0.25) is 0 Å². The summed E-state index contributed by atoms with van der Waals surface area (Å²) in [5.41, 5.74) is 1.62. The second-order valence-corrected chi connectivity index (χ2v) is 3.71. The predicted octanol–water partition coefficient (Wildman–Crippen LogP) is 1.97. The van der Waals surface area contributed by atoms with Crippen molar-refractivity contribution in [3.05, 3.63) is 54.0 Å². The van der Waals surface area contributed by atoms with Crippen LogP contribution in [0.25, 0.3) is 0 Å². The van der Waals surface area contributed by atoms with E-state index < -0.39 is 0 Å². The van der Waals surface area contributed by atoms with Crippen LogP contribution in [0.3, 0.4) is 0 Å². The number of amides is 1. The van der Waals surface area contributed by atoms with Crippen molar-refractivity contribution >= 4 is 11.7 Å². The predicted molar refractivity (Wildman–Crippen MR) is 65.5 cm³/mol. The SMILES string of the molecule is Cc1cccc(NC(=O)Cc2ccccn2)n1. The first-order valence-electron chi connectivity index (χ1n) is 5.37. The molecule has 2 heterocycles. The number of nitrogens with zero attached hydrogens (tertiary/aromatic N) is 2. The number of nitrogens with one attached hydrogen (secondary N) is 1. The zero-order valence-corrected chi connectivity index (χ0v) is 9.55. The molecule has 0 aliphatic carbocycles. The first-order chi connectivity index (χ1) is 8.24. The van der Waals surface area contributed by atoms with Crippen LogP contribution < -0.4 is 5.32 Å². The minimum Gasteiger partial charge on any atom is -0.310 e. The normalized spacial score (nSPS) is 9.94. The van der Waals surface area contributed by atoms with Gasteiger partial charge in [0.1, 0.15) is 5.82 Å². The molecule has 0 radical (unpaired) electrons. The van der Waals surface area contributed by atoms with Crippen LogP contribution in [-0.4, -0.2) is 15.9 Å². The maximum Gasteiger partial charge on any atom is 0.231 e. The van der Waals surface area contributed by atoms with Gasteiger partial charge in [0, 0.05) is 17.6 Å². The molecule has 0 saturated carbocycles. The van der Waals surface area contributed by atoms with Crippen LogP contribution in [-0.2, 0) is 11.2 Å². The number of rotatable bonds is 3. The summed E-state index contributed by atoms with van der Waals surface area (Å²) < 4.78 is 0. The molecule has 0 atom stereocenters. The van der Waals surface area contributed by atoms with Crippen molar-refractivity contribution in [2.45, 2.75) is 13.3 Å². The minimum absolute atomic E-state index is 0.109. The van der Waals surface area contributed by atoms with E-state index >= 15 is 0 Å². The van der Waals surface area contributed by atoms with Gasteiger partial charge < -0.3 is 5.32 Å². The van der Waals surface area contributed by atoms with Gasteiger partial charge in [0.25, 0.3) is 0 Å². The minimum atomic E-state index is -0.109. The molecule has 0 aliphatic rings. The van der Waals surface area contributed by atoms with E-state index in [-0.39, 0.29) is 12.3 Å². The Bertz CT molecular complexity index is 511. The third-order valence-corrected chi connectivity index (χ3v) is 2.22. The molecule has 1 amide bonds. The van der Waals surface area contributed by atoms with Crippen LogP contribution in [0.4, 0.5) is 5.82 Å². The highest BCUT2D eigenvalue weighted by Gasteiger charge is 2.05. The summed E-state index contributed by atoms with van der Waals surface area (Å²) in [6.45, 7) is 1.88. The average Bonchev–Trinajstić information content (AvgIpc) is 2.30. The van der Waals surface area contributed by atoms with Gasteiger partial charge in [-0.2, -0.15) is 0 Å². The van der Waals surface area contributed by atoms with Gasteiger partial charge in [0.05, 0.1) is 6.42 Å². The van der Waals surface area contributed by atoms with Gasteiger partial charge in [0.2, 0.25) is 5.91 Å². The van der Waals surface area contributed by atoms with Crippen LogP contribution in [0.5, 0.6) is 0 Å². The van der Waals surface area contributed by atoms with E-state index in [4.69, 9.17) is 0 Å².